The van der Waals surface area contributed by atoms with Crippen LogP contribution >= 0.6 is 0 Å². The SMILES string of the molecule is CCN(CC)CC(C)(C)[C@H](O)c1ccc(OC)c2ccccc12. The minimum atomic E-state index is -0.529. The maximum atomic E-state index is 11.1. The Morgan fingerprint density at radius 1 is 1.04 bits per heavy atom. The van der Waals surface area contributed by atoms with E-state index in [2.05, 4.69) is 38.7 Å². The predicted octanol–water partition coefficient (Wildman–Crippen LogP) is 4.25. The quantitative estimate of drug-likeness (QED) is 0.829. The number of aliphatic hydroxyl groups excluding tert-OH is 1. The van der Waals surface area contributed by atoms with Gasteiger partial charge in [0, 0.05) is 17.3 Å². The second-order valence-corrected chi connectivity index (χ2v) is 6.76. The molecule has 3 nitrogen and oxygen atoms in total. The normalized spacial score (nSPS) is 13.5. The van der Waals surface area contributed by atoms with Crippen LogP contribution in [0.15, 0.2) is 36.4 Å². The summed E-state index contributed by atoms with van der Waals surface area (Å²) in [6.07, 6.45) is -0.529. The molecule has 0 aliphatic carbocycles. The van der Waals surface area contributed by atoms with Crippen LogP contribution in [0.3, 0.4) is 0 Å². The zero-order chi connectivity index (χ0) is 17.0. The zero-order valence-corrected chi connectivity index (χ0v) is 15.0. The van der Waals surface area contributed by atoms with Gasteiger partial charge in [-0.15, -0.1) is 0 Å². The van der Waals surface area contributed by atoms with E-state index in [0.29, 0.717) is 0 Å². The highest BCUT2D eigenvalue weighted by molar-refractivity contribution is 5.91. The van der Waals surface area contributed by atoms with Gasteiger partial charge in [0.2, 0.25) is 0 Å². The molecule has 0 amide bonds. The molecule has 0 fully saturated rings. The number of methoxy groups -OCH3 is 1. The minimum absolute atomic E-state index is 0.233. The highest BCUT2D eigenvalue weighted by atomic mass is 16.5. The molecule has 0 aliphatic rings. The van der Waals surface area contributed by atoms with Crippen LogP contribution in [0.5, 0.6) is 5.75 Å². The lowest BCUT2D eigenvalue weighted by Crippen LogP contribution is -2.38. The summed E-state index contributed by atoms with van der Waals surface area (Å²) in [6.45, 7) is 11.4. The van der Waals surface area contributed by atoms with Gasteiger partial charge in [-0.1, -0.05) is 58.0 Å². The van der Waals surface area contributed by atoms with Crippen LogP contribution in [-0.4, -0.2) is 36.8 Å². The number of ether oxygens (including phenoxy) is 1. The first-order chi connectivity index (χ1) is 10.9. The summed E-state index contributed by atoms with van der Waals surface area (Å²) in [5.41, 5.74) is 0.738. The molecule has 2 aromatic rings. The second-order valence-electron chi connectivity index (χ2n) is 6.76. The van der Waals surface area contributed by atoms with Crippen molar-refractivity contribution < 1.29 is 9.84 Å². The Bertz CT molecular complexity index is 647. The standard InChI is InChI=1S/C20H29NO2/c1-6-21(7-2)14-20(3,4)19(22)17-12-13-18(23-5)16-11-9-8-10-15(16)17/h8-13,19,22H,6-7,14H2,1-5H3/t19-/m1/s1. The maximum absolute atomic E-state index is 11.1. The largest absolute Gasteiger partial charge is 0.496 e. The van der Waals surface area contributed by atoms with Gasteiger partial charge in [-0.05, 0) is 30.1 Å². The van der Waals surface area contributed by atoms with E-state index in [9.17, 15) is 5.11 Å². The van der Waals surface area contributed by atoms with Crippen molar-refractivity contribution in [2.75, 3.05) is 26.7 Å². The summed E-state index contributed by atoms with van der Waals surface area (Å²) >= 11 is 0. The number of aliphatic hydroxyl groups is 1. The van der Waals surface area contributed by atoms with E-state index in [1.54, 1.807) is 7.11 Å². The van der Waals surface area contributed by atoms with Crippen molar-refractivity contribution in [3.63, 3.8) is 0 Å². The third-order valence-electron chi connectivity index (χ3n) is 4.70. The molecule has 0 aliphatic heterocycles. The molecule has 1 N–H and O–H groups in total. The number of nitrogens with zero attached hydrogens (tertiary/aromatic N) is 1. The molecule has 0 spiro atoms. The van der Waals surface area contributed by atoms with E-state index in [1.807, 2.05) is 30.3 Å². The Morgan fingerprint density at radius 3 is 2.22 bits per heavy atom. The van der Waals surface area contributed by atoms with Crippen molar-refractivity contribution >= 4 is 10.8 Å². The van der Waals surface area contributed by atoms with E-state index in [-0.39, 0.29) is 5.41 Å². The van der Waals surface area contributed by atoms with Crippen LogP contribution in [0.4, 0.5) is 0 Å². The molecule has 0 saturated carbocycles. The molecule has 1 atom stereocenters. The van der Waals surface area contributed by atoms with E-state index < -0.39 is 6.10 Å². The van der Waals surface area contributed by atoms with Crippen LogP contribution in [0.25, 0.3) is 10.8 Å². The fraction of sp³-hybridized carbons (Fsp3) is 0.500. The number of hydrogen-bond acceptors (Lipinski definition) is 3. The van der Waals surface area contributed by atoms with Crippen LogP contribution in [-0.2, 0) is 0 Å². The van der Waals surface area contributed by atoms with E-state index in [0.717, 1.165) is 41.7 Å². The van der Waals surface area contributed by atoms with Gasteiger partial charge >= 0.3 is 0 Å². The molecule has 126 valence electrons. The lowest BCUT2D eigenvalue weighted by atomic mass is 9.80. The summed E-state index contributed by atoms with van der Waals surface area (Å²) < 4.78 is 5.46. The zero-order valence-electron chi connectivity index (χ0n) is 15.0. The smallest absolute Gasteiger partial charge is 0.126 e. The number of rotatable bonds is 7. The van der Waals surface area contributed by atoms with Crippen LogP contribution in [0.2, 0.25) is 0 Å². The van der Waals surface area contributed by atoms with Gasteiger partial charge in [-0.3, -0.25) is 0 Å². The van der Waals surface area contributed by atoms with Gasteiger partial charge in [-0.25, -0.2) is 0 Å². The number of hydrogen-bond donors (Lipinski definition) is 1. The molecule has 0 bridgehead atoms. The molecular formula is C20H29NO2. The van der Waals surface area contributed by atoms with Crippen molar-refractivity contribution in [1.82, 2.24) is 4.90 Å². The molecule has 0 unspecified atom stereocenters. The Hall–Kier alpha value is -1.58. The minimum Gasteiger partial charge on any atom is -0.496 e. The Labute approximate surface area is 139 Å². The first-order valence-corrected chi connectivity index (χ1v) is 8.40. The summed E-state index contributed by atoms with van der Waals surface area (Å²) in [5, 5.41) is 13.2. The van der Waals surface area contributed by atoms with Crippen molar-refractivity contribution in [2.24, 2.45) is 5.41 Å². The van der Waals surface area contributed by atoms with Gasteiger partial charge < -0.3 is 14.7 Å². The monoisotopic (exact) mass is 315 g/mol. The highest BCUT2D eigenvalue weighted by Crippen LogP contribution is 2.39. The van der Waals surface area contributed by atoms with Crippen molar-refractivity contribution in [3.8, 4) is 5.75 Å². The Kier molecular flexibility index (Phi) is 5.66. The van der Waals surface area contributed by atoms with Gasteiger partial charge in [0.05, 0.1) is 13.2 Å². The molecule has 2 aromatic carbocycles. The topological polar surface area (TPSA) is 32.7 Å². The molecular weight excluding hydrogens is 286 g/mol. The first kappa shape index (κ1) is 17.8. The van der Waals surface area contributed by atoms with Gasteiger partial charge in [0.15, 0.2) is 0 Å². The highest BCUT2D eigenvalue weighted by Gasteiger charge is 2.32. The van der Waals surface area contributed by atoms with Crippen LogP contribution < -0.4 is 4.74 Å². The summed E-state index contributed by atoms with van der Waals surface area (Å²) in [7, 11) is 1.68. The molecule has 3 heteroatoms. The van der Waals surface area contributed by atoms with Crippen molar-refractivity contribution in [2.45, 2.75) is 33.8 Å². The maximum Gasteiger partial charge on any atom is 0.126 e. The first-order valence-electron chi connectivity index (χ1n) is 8.40. The molecule has 0 heterocycles. The summed E-state index contributed by atoms with van der Waals surface area (Å²) in [6, 6.07) is 12.1. The lowest BCUT2D eigenvalue weighted by molar-refractivity contribution is 0.0235. The van der Waals surface area contributed by atoms with Crippen LogP contribution in [0.1, 0.15) is 39.4 Å². The molecule has 0 radical (unpaired) electrons. The number of fused-ring (bicyclic) bond motifs is 1. The van der Waals surface area contributed by atoms with E-state index in [1.165, 1.54) is 0 Å². The third kappa shape index (κ3) is 3.67. The molecule has 2 rings (SSSR count). The van der Waals surface area contributed by atoms with E-state index in [4.69, 9.17) is 4.74 Å². The fourth-order valence-corrected chi connectivity index (χ4v) is 3.24. The number of benzene rings is 2. The van der Waals surface area contributed by atoms with E-state index >= 15 is 0 Å². The summed E-state index contributed by atoms with van der Waals surface area (Å²) in [4.78, 5) is 2.36. The summed E-state index contributed by atoms with van der Waals surface area (Å²) in [5.74, 6) is 0.845. The van der Waals surface area contributed by atoms with Crippen molar-refractivity contribution in [3.05, 3.63) is 42.0 Å². The fourth-order valence-electron chi connectivity index (χ4n) is 3.24. The van der Waals surface area contributed by atoms with Crippen LogP contribution in [0, 0.1) is 5.41 Å². The van der Waals surface area contributed by atoms with Gasteiger partial charge in [-0.2, -0.15) is 0 Å². The van der Waals surface area contributed by atoms with Gasteiger partial charge in [0.1, 0.15) is 5.75 Å². The van der Waals surface area contributed by atoms with Crippen molar-refractivity contribution in [1.29, 1.82) is 0 Å². The Balaban J connectivity index is 2.43. The average molecular weight is 315 g/mol. The Morgan fingerprint density at radius 2 is 1.65 bits per heavy atom. The van der Waals surface area contributed by atoms with Gasteiger partial charge in [0.25, 0.3) is 0 Å². The molecule has 0 aromatic heterocycles. The molecule has 0 saturated heterocycles. The molecule has 23 heavy (non-hydrogen) atoms. The lowest BCUT2D eigenvalue weighted by Gasteiger charge is -2.36. The third-order valence-corrected chi connectivity index (χ3v) is 4.70. The predicted molar refractivity (Wildman–Crippen MR) is 97.0 cm³/mol. The second kappa shape index (κ2) is 7.33. The average Bonchev–Trinajstić information content (AvgIpc) is 2.58.